The fourth-order valence-electron chi connectivity index (χ4n) is 2.14. The average Bonchev–Trinajstić information content (AvgIpc) is 2.64. The van der Waals surface area contributed by atoms with Gasteiger partial charge in [0.05, 0.1) is 0 Å². The van der Waals surface area contributed by atoms with Gasteiger partial charge in [-0.25, -0.2) is 0 Å². The van der Waals surface area contributed by atoms with Gasteiger partial charge >= 0.3 is 0 Å². The fourth-order valence-corrected chi connectivity index (χ4v) is 3.39. The number of benzene rings is 1. The molecule has 3 heteroatoms. The molecule has 0 spiro atoms. The molecule has 1 aliphatic heterocycles. The van der Waals surface area contributed by atoms with Gasteiger partial charge in [0.15, 0.2) is 0 Å². The summed E-state index contributed by atoms with van der Waals surface area (Å²) < 4.78 is 0.411. The molecule has 0 aliphatic carbocycles. The molecule has 1 fully saturated rings. The van der Waals surface area contributed by atoms with Crippen molar-refractivity contribution in [3.63, 3.8) is 0 Å². The Balaban J connectivity index is 1.99. The molecule has 16 heavy (non-hydrogen) atoms. The molecule has 0 bridgehead atoms. The summed E-state index contributed by atoms with van der Waals surface area (Å²) >= 11 is 2.09. The maximum atomic E-state index is 5.74. The number of thioether (sulfide) groups is 1. The van der Waals surface area contributed by atoms with Crippen molar-refractivity contribution in [2.24, 2.45) is 0 Å². The molecule has 2 rings (SSSR count). The molecule has 1 aromatic rings. The van der Waals surface area contributed by atoms with Crippen LogP contribution >= 0.6 is 11.8 Å². The molecular formula is C13H20N2S. The van der Waals surface area contributed by atoms with Gasteiger partial charge in [-0.1, -0.05) is 0 Å². The first kappa shape index (κ1) is 11.6. The van der Waals surface area contributed by atoms with Gasteiger partial charge in [-0.2, -0.15) is 11.8 Å². The van der Waals surface area contributed by atoms with Crippen LogP contribution in [0.4, 0.5) is 11.4 Å². The Bertz CT molecular complexity index is 370. The zero-order valence-electron chi connectivity index (χ0n) is 10.0. The molecule has 1 aromatic carbocycles. The third kappa shape index (κ3) is 2.64. The third-order valence-corrected chi connectivity index (χ3v) is 4.74. The number of aryl methyl sites for hydroxylation is 1. The lowest BCUT2D eigenvalue weighted by Gasteiger charge is -2.24. The van der Waals surface area contributed by atoms with Crippen LogP contribution in [0.3, 0.4) is 0 Å². The largest absolute Gasteiger partial charge is 0.399 e. The minimum atomic E-state index is 0.411. The number of hydrogen-bond acceptors (Lipinski definition) is 3. The monoisotopic (exact) mass is 236 g/mol. The van der Waals surface area contributed by atoms with E-state index in [9.17, 15) is 0 Å². The van der Waals surface area contributed by atoms with Crippen LogP contribution in [0.5, 0.6) is 0 Å². The highest BCUT2D eigenvalue weighted by molar-refractivity contribution is 8.00. The van der Waals surface area contributed by atoms with Gasteiger partial charge in [0.25, 0.3) is 0 Å². The maximum absolute atomic E-state index is 5.74. The van der Waals surface area contributed by atoms with Crippen LogP contribution in [0.15, 0.2) is 18.2 Å². The quantitative estimate of drug-likeness (QED) is 0.791. The van der Waals surface area contributed by atoms with E-state index in [0.29, 0.717) is 4.75 Å². The maximum Gasteiger partial charge on any atom is 0.0371 e. The van der Waals surface area contributed by atoms with Crippen molar-refractivity contribution in [1.29, 1.82) is 0 Å². The van der Waals surface area contributed by atoms with E-state index in [1.165, 1.54) is 29.8 Å². The SMILES string of the molecule is Cc1cc(N)ccc1NCC1(C)CCCS1. The summed E-state index contributed by atoms with van der Waals surface area (Å²) in [5, 5.41) is 3.55. The summed E-state index contributed by atoms with van der Waals surface area (Å²) in [6, 6.07) is 6.06. The molecule has 0 radical (unpaired) electrons. The van der Waals surface area contributed by atoms with Crippen LogP contribution in [0.2, 0.25) is 0 Å². The van der Waals surface area contributed by atoms with E-state index in [4.69, 9.17) is 5.73 Å². The van der Waals surface area contributed by atoms with Crippen molar-refractivity contribution >= 4 is 23.1 Å². The number of hydrogen-bond donors (Lipinski definition) is 2. The van der Waals surface area contributed by atoms with Crippen molar-refractivity contribution in [2.45, 2.75) is 31.4 Å². The normalized spacial score (nSPS) is 24.6. The number of anilines is 2. The lowest BCUT2D eigenvalue weighted by Crippen LogP contribution is -2.27. The molecule has 1 saturated heterocycles. The molecule has 1 heterocycles. The highest BCUT2D eigenvalue weighted by Gasteiger charge is 2.29. The van der Waals surface area contributed by atoms with Gasteiger partial charge in [0, 0.05) is 22.7 Å². The van der Waals surface area contributed by atoms with E-state index in [2.05, 4.69) is 37.0 Å². The summed E-state index contributed by atoms with van der Waals surface area (Å²) in [5.41, 5.74) is 9.02. The van der Waals surface area contributed by atoms with Crippen LogP contribution in [0.25, 0.3) is 0 Å². The smallest absolute Gasteiger partial charge is 0.0371 e. The number of nitrogens with two attached hydrogens (primary N) is 1. The average molecular weight is 236 g/mol. The molecular weight excluding hydrogens is 216 g/mol. The van der Waals surface area contributed by atoms with E-state index in [0.717, 1.165) is 12.2 Å². The van der Waals surface area contributed by atoms with Crippen LogP contribution in [0.1, 0.15) is 25.3 Å². The summed E-state index contributed by atoms with van der Waals surface area (Å²) in [6.45, 7) is 5.50. The molecule has 1 aliphatic rings. The van der Waals surface area contributed by atoms with Crippen molar-refractivity contribution in [3.8, 4) is 0 Å². The van der Waals surface area contributed by atoms with E-state index >= 15 is 0 Å². The van der Waals surface area contributed by atoms with Crippen molar-refractivity contribution < 1.29 is 0 Å². The van der Waals surface area contributed by atoms with Gasteiger partial charge in [-0.3, -0.25) is 0 Å². The van der Waals surface area contributed by atoms with Crippen molar-refractivity contribution in [3.05, 3.63) is 23.8 Å². The number of nitrogens with one attached hydrogen (secondary N) is 1. The second-order valence-electron chi connectivity index (χ2n) is 4.83. The third-order valence-electron chi connectivity index (χ3n) is 3.20. The fraction of sp³-hybridized carbons (Fsp3) is 0.538. The zero-order valence-corrected chi connectivity index (χ0v) is 10.9. The number of nitrogen functional groups attached to an aromatic ring is 1. The molecule has 0 aromatic heterocycles. The second-order valence-corrected chi connectivity index (χ2v) is 6.51. The Labute approximate surface area is 102 Å². The highest BCUT2D eigenvalue weighted by Crippen LogP contribution is 2.37. The van der Waals surface area contributed by atoms with Crippen LogP contribution < -0.4 is 11.1 Å². The predicted molar refractivity (Wildman–Crippen MR) is 74.2 cm³/mol. The molecule has 0 saturated carbocycles. The lowest BCUT2D eigenvalue weighted by molar-refractivity contribution is 0.634. The Morgan fingerprint density at radius 1 is 1.50 bits per heavy atom. The van der Waals surface area contributed by atoms with Gasteiger partial charge < -0.3 is 11.1 Å². The predicted octanol–water partition coefficient (Wildman–Crippen LogP) is 3.27. The first-order chi connectivity index (χ1) is 7.59. The zero-order chi connectivity index (χ0) is 11.6. The molecule has 3 N–H and O–H groups in total. The van der Waals surface area contributed by atoms with E-state index < -0.39 is 0 Å². The van der Waals surface area contributed by atoms with E-state index in [1.54, 1.807) is 0 Å². The van der Waals surface area contributed by atoms with Crippen molar-refractivity contribution in [1.82, 2.24) is 0 Å². The lowest BCUT2D eigenvalue weighted by atomic mass is 10.1. The van der Waals surface area contributed by atoms with Crippen molar-refractivity contribution in [2.75, 3.05) is 23.3 Å². The summed E-state index contributed by atoms with van der Waals surface area (Å²) in [5.74, 6) is 1.30. The van der Waals surface area contributed by atoms with Gasteiger partial charge in [-0.05, 0) is 56.2 Å². The first-order valence-corrected chi connectivity index (χ1v) is 6.82. The summed E-state index contributed by atoms with van der Waals surface area (Å²) in [6.07, 6.45) is 2.67. The number of rotatable bonds is 3. The molecule has 1 atom stereocenters. The van der Waals surface area contributed by atoms with Gasteiger partial charge in [0.2, 0.25) is 0 Å². The molecule has 2 nitrogen and oxygen atoms in total. The molecule has 0 amide bonds. The minimum absolute atomic E-state index is 0.411. The summed E-state index contributed by atoms with van der Waals surface area (Å²) in [4.78, 5) is 0. The van der Waals surface area contributed by atoms with Crippen LogP contribution in [-0.2, 0) is 0 Å². The van der Waals surface area contributed by atoms with E-state index in [-0.39, 0.29) is 0 Å². The Morgan fingerprint density at radius 2 is 2.31 bits per heavy atom. The molecule has 88 valence electrons. The Hall–Kier alpha value is -0.830. The Morgan fingerprint density at radius 3 is 2.94 bits per heavy atom. The topological polar surface area (TPSA) is 38.0 Å². The molecule has 1 unspecified atom stereocenters. The minimum Gasteiger partial charge on any atom is -0.399 e. The standard InChI is InChI=1S/C13H20N2S/c1-10-8-11(14)4-5-12(10)15-9-13(2)6-3-7-16-13/h4-5,8,15H,3,6-7,9,14H2,1-2H3. The highest BCUT2D eigenvalue weighted by atomic mass is 32.2. The summed E-state index contributed by atoms with van der Waals surface area (Å²) in [7, 11) is 0. The first-order valence-electron chi connectivity index (χ1n) is 5.83. The Kier molecular flexibility index (Phi) is 3.33. The van der Waals surface area contributed by atoms with Crippen LogP contribution in [0, 0.1) is 6.92 Å². The second kappa shape index (κ2) is 4.58. The van der Waals surface area contributed by atoms with Gasteiger partial charge in [0.1, 0.15) is 0 Å². The van der Waals surface area contributed by atoms with Gasteiger partial charge in [-0.15, -0.1) is 0 Å². The van der Waals surface area contributed by atoms with Crippen LogP contribution in [-0.4, -0.2) is 17.0 Å². The van der Waals surface area contributed by atoms with E-state index in [1.807, 2.05) is 12.1 Å².